The first-order chi connectivity index (χ1) is 4.63. The number of hydrogen-bond donors (Lipinski definition) is 3. The third-order valence-electron chi connectivity index (χ3n) is 1.16. The van der Waals surface area contributed by atoms with E-state index in [2.05, 4.69) is 23.2 Å². The van der Waals surface area contributed by atoms with Gasteiger partial charge in [0.05, 0.1) is 0 Å². The molecule has 1 unspecified atom stereocenters. The SMILES string of the molecule is CC1=NNC(S)N(N)C1=O. The lowest BCUT2D eigenvalue weighted by Crippen LogP contribution is -2.54. The average Bonchev–Trinajstić information content (AvgIpc) is 1.93. The molecular weight excluding hydrogens is 152 g/mol. The molecule has 0 fully saturated rings. The van der Waals surface area contributed by atoms with E-state index >= 15 is 0 Å². The van der Waals surface area contributed by atoms with Crippen molar-refractivity contribution in [2.75, 3.05) is 0 Å². The molecule has 1 aliphatic rings. The zero-order valence-corrected chi connectivity index (χ0v) is 6.30. The summed E-state index contributed by atoms with van der Waals surface area (Å²) in [6.45, 7) is 1.58. The molecule has 0 saturated heterocycles. The van der Waals surface area contributed by atoms with E-state index in [9.17, 15) is 4.79 Å². The van der Waals surface area contributed by atoms with E-state index in [-0.39, 0.29) is 5.91 Å². The monoisotopic (exact) mass is 160 g/mol. The summed E-state index contributed by atoms with van der Waals surface area (Å²) in [6.07, 6.45) is 0. The fraction of sp³-hybridized carbons (Fsp3) is 0.500. The Balaban J connectivity index is 2.81. The van der Waals surface area contributed by atoms with Crippen LogP contribution in [0.3, 0.4) is 0 Å². The summed E-state index contributed by atoms with van der Waals surface area (Å²) in [5, 5.41) is 4.64. The standard InChI is InChI=1S/C4H8N4OS/c1-2-3(9)8(5)4(10)7-6-2/h4,7,10H,5H2,1H3. The quantitative estimate of drug-likeness (QED) is 0.239. The molecule has 1 atom stereocenters. The van der Waals surface area contributed by atoms with Crippen LogP contribution < -0.4 is 11.3 Å². The van der Waals surface area contributed by atoms with Gasteiger partial charge in [-0.05, 0) is 6.92 Å². The molecule has 56 valence electrons. The molecule has 1 aliphatic heterocycles. The second-order valence-corrected chi connectivity index (χ2v) is 2.40. The highest BCUT2D eigenvalue weighted by atomic mass is 32.1. The van der Waals surface area contributed by atoms with Crippen molar-refractivity contribution in [3.63, 3.8) is 0 Å². The average molecular weight is 160 g/mol. The van der Waals surface area contributed by atoms with E-state index in [1.807, 2.05) is 0 Å². The van der Waals surface area contributed by atoms with Crippen molar-refractivity contribution in [2.24, 2.45) is 10.9 Å². The van der Waals surface area contributed by atoms with Crippen molar-refractivity contribution >= 4 is 24.2 Å². The van der Waals surface area contributed by atoms with Crippen molar-refractivity contribution in [1.82, 2.24) is 10.4 Å². The highest BCUT2D eigenvalue weighted by Gasteiger charge is 2.23. The van der Waals surface area contributed by atoms with Gasteiger partial charge in [0.15, 0.2) is 5.50 Å². The molecule has 10 heavy (non-hydrogen) atoms. The molecule has 0 saturated carbocycles. The number of nitrogens with two attached hydrogens (primary N) is 1. The van der Waals surface area contributed by atoms with Gasteiger partial charge in [0, 0.05) is 0 Å². The molecule has 1 amide bonds. The van der Waals surface area contributed by atoms with Gasteiger partial charge in [-0.2, -0.15) is 5.10 Å². The van der Waals surface area contributed by atoms with E-state index in [1.165, 1.54) is 0 Å². The third-order valence-corrected chi connectivity index (χ3v) is 1.52. The molecule has 1 heterocycles. The van der Waals surface area contributed by atoms with Gasteiger partial charge in [0.25, 0.3) is 5.91 Å². The summed E-state index contributed by atoms with van der Waals surface area (Å²) in [5.41, 5.74) is 2.37. The Kier molecular flexibility index (Phi) is 1.82. The van der Waals surface area contributed by atoms with E-state index in [0.717, 1.165) is 5.01 Å². The van der Waals surface area contributed by atoms with Gasteiger partial charge in [-0.1, -0.05) is 0 Å². The fourth-order valence-electron chi connectivity index (χ4n) is 0.562. The van der Waals surface area contributed by atoms with Crippen LogP contribution in [0.2, 0.25) is 0 Å². The summed E-state index contributed by atoms with van der Waals surface area (Å²) in [5.74, 6) is 4.97. The first kappa shape index (κ1) is 7.36. The number of amides is 1. The Morgan fingerprint density at radius 1 is 1.90 bits per heavy atom. The molecule has 0 bridgehead atoms. The van der Waals surface area contributed by atoms with Crippen LogP contribution in [0.15, 0.2) is 5.10 Å². The summed E-state index contributed by atoms with van der Waals surface area (Å²) < 4.78 is 0. The minimum absolute atomic E-state index is 0.307. The van der Waals surface area contributed by atoms with Crippen molar-refractivity contribution in [3.05, 3.63) is 0 Å². The molecule has 0 spiro atoms. The lowest BCUT2D eigenvalue weighted by molar-refractivity contribution is -0.126. The highest BCUT2D eigenvalue weighted by molar-refractivity contribution is 7.80. The summed E-state index contributed by atoms with van der Waals surface area (Å²) in [4.78, 5) is 10.9. The van der Waals surface area contributed by atoms with Crippen molar-refractivity contribution in [2.45, 2.75) is 12.4 Å². The molecular formula is C4H8N4OS. The normalized spacial score (nSPS) is 25.9. The number of carbonyl (C=O) groups excluding carboxylic acids is 1. The predicted molar refractivity (Wildman–Crippen MR) is 40.1 cm³/mol. The molecule has 6 heteroatoms. The van der Waals surface area contributed by atoms with Crippen molar-refractivity contribution < 1.29 is 4.79 Å². The van der Waals surface area contributed by atoms with Gasteiger partial charge in [-0.15, -0.1) is 12.6 Å². The number of hydrogen-bond acceptors (Lipinski definition) is 5. The largest absolute Gasteiger partial charge is 0.286 e. The van der Waals surface area contributed by atoms with Crippen LogP contribution in [-0.4, -0.2) is 22.1 Å². The maximum absolute atomic E-state index is 10.9. The number of rotatable bonds is 0. The number of thiol groups is 1. The van der Waals surface area contributed by atoms with E-state index in [4.69, 9.17) is 5.84 Å². The first-order valence-corrected chi connectivity index (χ1v) is 3.20. The Morgan fingerprint density at radius 2 is 2.50 bits per heavy atom. The maximum Gasteiger partial charge on any atom is 0.286 e. The van der Waals surface area contributed by atoms with Crippen molar-refractivity contribution in [3.8, 4) is 0 Å². The predicted octanol–water partition coefficient (Wildman–Crippen LogP) is -1.12. The lowest BCUT2D eigenvalue weighted by Gasteiger charge is -2.26. The molecule has 3 N–H and O–H groups in total. The second kappa shape index (κ2) is 2.47. The summed E-state index contributed by atoms with van der Waals surface area (Å²) in [6, 6.07) is 0. The Morgan fingerprint density at radius 3 is 3.00 bits per heavy atom. The number of nitrogens with zero attached hydrogens (tertiary/aromatic N) is 2. The van der Waals surface area contributed by atoms with E-state index < -0.39 is 5.50 Å². The van der Waals surface area contributed by atoms with Gasteiger partial charge < -0.3 is 0 Å². The van der Waals surface area contributed by atoms with E-state index in [1.54, 1.807) is 6.92 Å². The Hall–Kier alpha value is -0.750. The number of hydrazone groups is 1. The molecule has 0 aromatic rings. The van der Waals surface area contributed by atoms with Gasteiger partial charge in [-0.25, -0.2) is 10.9 Å². The van der Waals surface area contributed by atoms with Crippen LogP contribution in [0.5, 0.6) is 0 Å². The maximum atomic E-state index is 10.9. The van der Waals surface area contributed by atoms with Crippen LogP contribution in [0.4, 0.5) is 0 Å². The summed E-state index contributed by atoms with van der Waals surface area (Å²) >= 11 is 3.92. The van der Waals surface area contributed by atoms with Gasteiger partial charge in [0.1, 0.15) is 5.71 Å². The molecule has 1 rings (SSSR count). The zero-order valence-electron chi connectivity index (χ0n) is 5.40. The van der Waals surface area contributed by atoms with Crippen molar-refractivity contribution in [1.29, 1.82) is 0 Å². The van der Waals surface area contributed by atoms with Crippen LogP contribution in [-0.2, 0) is 4.79 Å². The molecule has 0 aliphatic carbocycles. The smallest absolute Gasteiger partial charge is 0.277 e. The van der Waals surface area contributed by atoms with Crippen LogP contribution >= 0.6 is 12.6 Å². The van der Waals surface area contributed by atoms with Gasteiger partial charge in [-0.3, -0.25) is 10.2 Å². The number of hydrazine groups is 1. The molecule has 0 aromatic heterocycles. The Labute approximate surface area is 63.6 Å². The topological polar surface area (TPSA) is 70.7 Å². The lowest BCUT2D eigenvalue weighted by atomic mass is 10.4. The number of carbonyl (C=O) groups is 1. The van der Waals surface area contributed by atoms with Crippen LogP contribution in [0.25, 0.3) is 0 Å². The number of nitrogens with one attached hydrogen (secondary N) is 1. The minimum Gasteiger partial charge on any atom is -0.277 e. The Bertz CT molecular complexity index is 192. The van der Waals surface area contributed by atoms with E-state index in [0.29, 0.717) is 5.71 Å². The zero-order chi connectivity index (χ0) is 7.72. The molecule has 0 aromatic carbocycles. The van der Waals surface area contributed by atoms with Crippen LogP contribution in [0.1, 0.15) is 6.92 Å². The third kappa shape index (κ3) is 1.07. The first-order valence-electron chi connectivity index (χ1n) is 2.69. The highest BCUT2D eigenvalue weighted by Crippen LogP contribution is 2.01. The van der Waals surface area contributed by atoms with Gasteiger partial charge in [0.2, 0.25) is 0 Å². The van der Waals surface area contributed by atoms with Crippen LogP contribution in [0, 0.1) is 0 Å². The second-order valence-electron chi connectivity index (χ2n) is 1.91. The minimum atomic E-state index is -0.517. The molecule has 5 nitrogen and oxygen atoms in total. The fourth-order valence-corrected chi connectivity index (χ4v) is 0.725. The molecule has 0 radical (unpaired) electrons. The summed E-state index contributed by atoms with van der Waals surface area (Å²) in [7, 11) is 0. The van der Waals surface area contributed by atoms with Gasteiger partial charge >= 0.3 is 0 Å².